The van der Waals surface area contributed by atoms with E-state index in [2.05, 4.69) is 17.6 Å². The largest absolute Gasteiger partial charge is 0.353 e. The van der Waals surface area contributed by atoms with Crippen molar-refractivity contribution in [1.82, 2.24) is 15.5 Å². The van der Waals surface area contributed by atoms with Crippen molar-refractivity contribution in [2.75, 3.05) is 26.2 Å². The maximum atomic E-state index is 12.5. The van der Waals surface area contributed by atoms with Crippen LogP contribution in [-0.4, -0.2) is 48.9 Å². The number of carbonyl (C=O) groups is 2. The van der Waals surface area contributed by atoms with Gasteiger partial charge in [-0.05, 0) is 50.6 Å². The highest BCUT2D eigenvalue weighted by atomic mass is 16.2. The van der Waals surface area contributed by atoms with E-state index in [9.17, 15) is 9.59 Å². The molecule has 0 bridgehead atoms. The third-order valence-electron chi connectivity index (χ3n) is 6.03. The average Bonchev–Trinajstić information content (AvgIpc) is 2.98. The average molecular weight is 321 g/mol. The lowest BCUT2D eigenvalue weighted by atomic mass is 9.87. The molecule has 5 nitrogen and oxygen atoms in total. The lowest BCUT2D eigenvalue weighted by Crippen LogP contribution is -2.53. The Morgan fingerprint density at radius 2 is 1.78 bits per heavy atom. The van der Waals surface area contributed by atoms with Gasteiger partial charge >= 0.3 is 0 Å². The van der Waals surface area contributed by atoms with Crippen molar-refractivity contribution in [3.8, 4) is 0 Å². The number of piperidine rings is 1. The second kappa shape index (κ2) is 7.65. The number of nitrogens with one attached hydrogen (secondary N) is 2. The molecular formula is C18H31N3O2. The highest BCUT2D eigenvalue weighted by Gasteiger charge is 2.33. The smallest absolute Gasteiger partial charge is 0.225 e. The molecular weight excluding hydrogens is 290 g/mol. The Morgan fingerprint density at radius 1 is 1.13 bits per heavy atom. The monoisotopic (exact) mass is 321 g/mol. The molecule has 3 aliphatic rings. The first-order valence-electron chi connectivity index (χ1n) is 9.42. The van der Waals surface area contributed by atoms with Crippen LogP contribution in [0, 0.1) is 17.8 Å². The number of rotatable bonds is 5. The summed E-state index contributed by atoms with van der Waals surface area (Å²) in [6.45, 7) is 5.58. The number of amides is 2. The summed E-state index contributed by atoms with van der Waals surface area (Å²) < 4.78 is 0. The third-order valence-corrected chi connectivity index (χ3v) is 6.03. The Balaban J connectivity index is 1.37. The van der Waals surface area contributed by atoms with Gasteiger partial charge in [0.05, 0.1) is 0 Å². The SMILES string of the molecule is CC(C(=O)N1CCC(NC(=O)CC2CCCC2)CC1)C1CNC1. The van der Waals surface area contributed by atoms with Gasteiger partial charge < -0.3 is 15.5 Å². The predicted octanol–water partition coefficient (Wildman–Crippen LogP) is 1.53. The number of hydrogen-bond acceptors (Lipinski definition) is 3. The lowest BCUT2D eigenvalue weighted by molar-refractivity contribution is -0.138. The molecule has 0 aromatic rings. The van der Waals surface area contributed by atoms with E-state index in [4.69, 9.17) is 0 Å². The van der Waals surface area contributed by atoms with Gasteiger partial charge in [0.1, 0.15) is 0 Å². The molecule has 0 aromatic carbocycles. The fraction of sp³-hybridized carbons (Fsp3) is 0.889. The molecule has 5 heteroatoms. The van der Waals surface area contributed by atoms with Crippen molar-refractivity contribution in [3.63, 3.8) is 0 Å². The molecule has 0 spiro atoms. The van der Waals surface area contributed by atoms with Crippen molar-refractivity contribution >= 4 is 11.8 Å². The molecule has 2 amide bonds. The Bertz CT molecular complexity index is 422. The highest BCUT2D eigenvalue weighted by molar-refractivity contribution is 5.79. The van der Waals surface area contributed by atoms with Gasteiger partial charge in [0.25, 0.3) is 0 Å². The van der Waals surface area contributed by atoms with Crippen molar-refractivity contribution in [1.29, 1.82) is 0 Å². The first-order valence-corrected chi connectivity index (χ1v) is 9.42. The normalized spacial score (nSPS) is 25.2. The second-order valence-corrected chi connectivity index (χ2v) is 7.73. The Morgan fingerprint density at radius 3 is 2.35 bits per heavy atom. The molecule has 0 aromatic heterocycles. The van der Waals surface area contributed by atoms with Crippen LogP contribution in [0.5, 0.6) is 0 Å². The van der Waals surface area contributed by atoms with Gasteiger partial charge in [-0.1, -0.05) is 19.8 Å². The van der Waals surface area contributed by atoms with Gasteiger partial charge in [0.2, 0.25) is 11.8 Å². The van der Waals surface area contributed by atoms with Crippen LogP contribution in [0.3, 0.4) is 0 Å². The second-order valence-electron chi connectivity index (χ2n) is 7.73. The molecule has 3 fully saturated rings. The molecule has 1 aliphatic carbocycles. The van der Waals surface area contributed by atoms with Crippen LogP contribution in [0.25, 0.3) is 0 Å². The topological polar surface area (TPSA) is 61.4 Å². The van der Waals surface area contributed by atoms with Crippen LogP contribution in [0.2, 0.25) is 0 Å². The van der Waals surface area contributed by atoms with E-state index in [0.717, 1.165) is 39.0 Å². The van der Waals surface area contributed by atoms with E-state index in [1.54, 1.807) is 0 Å². The maximum Gasteiger partial charge on any atom is 0.225 e. The summed E-state index contributed by atoms with van der Waals surface area (Å²) in [7, 11) is 0. The Kier molecular flexibility index (Phi) is 5.57. The molecule has 2 heterocycles. The molecule has 2 N–H and O–H groups in total. The summed E-state index contributed by atoms with van der Waals surface area (Å²) >= 11 is 0. The van der Waals surface area contributed by atoms with E-state index in [-0.39, 0.29) is 17.9 Å². The fourth-order valence-electron chi connectivity index (χ4n) is 4.16. The summed E-state index contributed by atoms with van der Waals surface area (Å²) in [5.41, 5.74) is 0. The van der Waals surface area contributed by atoms with E-state index >= 15 is 0 Å². The van der Waals surface area contributed by atoms with Crippen LogP contribution >= 0.6 is 0 Å². The van der Waals surface area contributed by atoms with Crippen LogP contribution in [0.15, 0.2) is 0 Å². The van der Waals surface area contributed by atoms with E-state index in [0.29, 0.717) is 24.2 Å². The fourth-order valence-corrected chi connectivity index (χ4v) is 4.16. The van der Waals surface area contributed by atoms with Gasteiger partial charge in [-0.15, -0.1) is 0 Å². The van der Waals surface area contributed by atoms with Gasteiger partial charge in [0, 0.05) is 31.5 Å². The zero-order chi connectivity index (χ0) is 16.2. The van der Waals surface area contributed by atoms with Crippen LogP contribution in [0.4, 0.5) is 0 Å². The molecule has 1 saturated carbocycles. The zero-order valence-electron chi connectivity index (χ0n) is 14.4. The summed E-state index contributed by atoms with van der Waals surface area (Å²) in [4.78, 5) is 26.6. The minimum Gasteiger partial charge on any atom is -0.353 e. The quantitative estimate of drug-likeness (QED) is 0.807. The number of nitrogens with zero attached hydrogens (tertiary/aromatic N) is 1. The van der Waals surface area contributed by atoms with Gasteiger partial charge in [-0.3, -0.25) is 9.59 Å². The first kappa shape index (κ1) is 16.7. The predicted molar refractivity (Wildman–Crippen MR) is 89.8 cm³/mol. The number of likely N-dealkylation sites (tertiary alicyclic amines) is 1. The van der Waals surface area contributed by atoms with Gasteiger partial charge in [-0.2, -0.15) is 0 Å². The first-order chi connectivity index (χ1) is 11.1. The van der Waals surface area contributed by atoms with Crippen LogP contribution < -0.4 is 10.6 Å². The molecule has 2 saturated heterocycles. The van der Waals surface area contributed by atoms with Crippen molar-refractivity contribution in [2.45, 2.75) is 57.9 Å². The lowest BCUT2D eigenvalue weighted by Gasteiger charge is -2.38. The molecule has 0 radical (unpaired) electrons. The van der Waals surface area contributed by atoms with Gasteiger partial charge in [0.15, 0.2) is 0 Å². The van der Waals surface area contributed by atoms with E-state index < -0.39 is 0 Å². The molecule has 23 heavy (non-hydrogen) atoms. The molecule has 3 rings (SSSR count). The zero-order valence-corrected chi connectivity index (χ0v) is 14.4. The number of hydrogen-bond donors (Lipinski definition) is 2. The Labute approximate surface area is 139 Å². The van der Waals surface area contributed by atoms with E-state index in [1.165, 1.54) is 25.7 Å². The third kappa shape index (κ3) is 4.25. The van der Waals surface area contributed by atoms with Crippen LogP contribution in [0.1, 0.15) is 51.9 Å². The van der Waals surface area contributed by atoms with Gasteiger partial charge in [-0.25, -0.2) is 0 Å². The number of carbonyl (C=O) groups excluding carboxylic acids is 2. The maximum absolute atomic E-state index is 12.5. The minimum absolute atomic E-state index is 0.129. The Hall–Kier alpha value is -1.10. The van der Waals surface area contributed by atoms with Crippen molar-refractivity contribution in [2.24, 2.45) is 17.8 Å². The highest BCUT2D eigenvalue weighted by Crippen LogP contribution is 2.27. The van der Waals surface area contributed by atoms with E-state index in [1.807, 2.05) is 4.90 Å². The standard InChI is InChI=1S/C18H31N3O2/c1-13(15-11-19-12-15)18(23)21-8-6-16(7-9-21)20-17(22)10-14-4-2-3-5-14/h13-16,19H,2-12H2,1H3,(H,20,22). The molecule has 1 unspecified atom stereocenters. The van der Waals surface area contributed by atoms with Crippen LogP contribution in [-0.2, 0) is 9.59 Å². The molecule has 2 aliphatic heterocycles. The summed E-state index contributed by atoms with van der Waals surface area (Å²) in [5.74, 6) is 1.76. The minimum atomic E-state index is 0.129. The van der Waals surface area contributed by atoms with Crippen molar-refractivity contribution < 1.29 is 9.59 Å². The summed E-state index contributed by atoms with van der Waals surface area (Å²) in [6.07, 6.45) is 7.50. The molecule has 1 atom stereocenters. The molecule has 130 valence electrons. The summed E-state index contributed by atoms with van der Waals surface area (Å²) in [6, 6.07) is 0.258. The summed E-state index contributed by atoms with van der Waals surface area (Å²) in [5, 5.41) is 6.43. The van der Waals surface area contributed by atoms with Crippen molar-refractivity contribution in [3.05, 3.63) is 0 Å².